The highest BCUT2D eigenvalue weighted by atomic mass is 16.6. The van der Waals surface area contributed by atoms with E-state index in [1.807, 2.05) is 6.08 Å². The van der Waals surface area contributed by atoms with Gasteiger partial charge in [-0.2, -0.15) is 0 Å². The molecule has 0 aromatic carbocycles. The second kappa shape index (κ2) is 12.8. The zero-order valence-electron chi connectivity index (χ0n) is 22.2. The molecule has 6 rings (SSSR count). The second-order valence-corrected chi connectivity index (χ2v) is 11.1. The maximum Gasteiger partial charge on any atom is 0.313 e. The summed E-state index contributed by atoms with van der Waals surface area (Å²) in [7, 11) is 0. The predicted molar refractivity (Wildman–Crippen MR) is 134 cm³/mol. The van der Waals surface area contributed by atoms with E-state index < -0.39 is 35.6 Å². The van der Waals surface area contributed by atoms with Crippen molar-refractivity contribution in [2.75, 3.05) is 39.6 Å². The van der Waals surface area contributed by atoms with Crippen LogP contribution in [0.25, 0.3) is 0 Å². The maximum absolute atomic E-state index is 12.1. The van der Waals surface area contributed by atoms with Crippen molar-refractivity contribution in [1.29, 1.82) is 0 Å². The largest absolute Gasteiger partial charge is 0.481 e. The lowest BCUT2D eigenvalue weighted by molar-refractivity contribution is -0.160. The van der Waals surface area contributed by atoms with E-state index in [4.69, 9.17) is 28.4 Å². The van der Waals surface area contributed by atoms with Crippen LogP contribution in [0.3, 0.4) is 0 Å². The zero-order valence-corrected chi connectivity index (χ0v) is 22.2. The number of carboxylic acid groups (broad SMARTS) is 2. The molecule has 0 aromatic heterocycles. The van der Waals surface area contributed by atoms with E-state index in [1.165, 1.54) is 0 Å². The number of esters is 2. The Kier molecular flexibility index (Phi) is 9.19. The molecule has 8 unspecified atom stereocenters. The third-order valence-electron chi connectivity index (χ3n) is 7.93. The fraction of sp³-hybridized carbons (Fsp3) is 0.714. The molecule has 4 aliphatic heterocycles. The minimum Gasteiger partial charge on any atom is -0.481 e. The monoisotopic (exact) mass is 564 g/mol. The number of ether oxygens (including phenoxy) is 6. The van der Waals surface area contributed by atoms with Gasteiger partial charge in [-0.15, -0.1) is 0 Å². The van der Waals surface area contributed by atoms with Crippen LogP contribution in [-0.4, -0.2) is 98.1 Å². The van der Waals surface area contributed by atoms with Crippen molar-refractivity contribution in [3.8, 4) is 0 Å². The average molecular weight is 565 g/mol. The Morgan fingerprint density at radius 3 is 1.57 bits per heavy atom. The fourth-order valence-corrected chi connectivity index (χ4v) is 5.22. The Bertz CT molecular complexity index is 992. The quantitative estimate of drug-likeness (QED) is 0.199. The summed E-state index contributed by atoms with van der Waals surface area (Å²) in [4.78, 5) is 46.7. The van der Waals surface area contributed by atoms with Crippen molar-refractivity contribution < 1.29 is 57.8 Å². The number of carbonyl (C=O) groups is 4. The number of aliphatic carboxylic acids is 2. The lowest BCUT2D eigenvalue weighted by Gasteiger charge is -2.30. The van der Waals surface area contributed by atoms with Gasteiger partial charge in [-0.1, -0.05) is 23.3 Å². The van der Waals surface area contributed by atoms with Crippen LogP contribution in [0.15, 0.2) is 23.3 Å². The molecule has 0 amide bonds. The van der Waals surface area contributed by atoms with Crippen LogP contribution in [0, 0.1) is 23.7 Å². The van der Waals surface area contributed by atoms with Gasteiger partial charge in [0.25, 0.3) is 0 Å². The molecule has 4 heterocycles. The van der Waals surface area contributed by atoms with Crippen molar-refractivity contribution >= 4 is 23.9 Å². The minimum atomic E-state index is -1.02. The summed E-state index contributed by atoms with van der Waals surface area (Å²) in [5, 5.41) is 18.5. The maximum atomic E-state index is 12.1. The molecule has 0 spiro atoms. The SMILES string of the molecule is O=C(O)C1CC(CC2CO2)=C(CC2CO2)CC1C(=O)O.O=C(OCC1CO1)C1C=CCCC1C(=O)OCC1CO1. The molecule has 2 aliphatic carbocycles. The lowest BCUT2D eigenvalue weighted by Crippen LogP contribution is -2.34. The molecule has 4 fully saturated rings. The zero-order chi connectivity index (χ0) is 28.2. The van der Waals surface area contributed by atoms with Crippen LogP contribution in [0.2, 0.25) is 0 Å². The molecule has 2 N–H and O–H groups in total. The van der Waals surface area contributed by atoms with E-state index in [2.05, 4.69) is 0 Å². The number of epoxide rings is 4. The van der Waals surface area contributed by atoms with Gasteiger partial charge in [0.15, 0.2) is 0 Å². The molecule has 0 bridgehead atoms. The van der Waals surface area contributed by atoms with Crippen LogP contribution < -0.4 is 0 Å². The summed E-state index contributed by atoms with van der Waals surface area (Å²) in [5.74, 6) is -5.41. The van der Waals surface area contributed by atoms with E-state index >= 15 is 0 Å². The van der Waals surface area contributed by atoms with E-state index in [9.17, 15) is 29.4 Å². The van der Waals surface area contributed by atoms with Gasteiger partial charge in [0, 0.05) is 0 Å². The van der Waals surface area contributed by atoms with Crippen molar-refractivity contribution in [2.24, 2.45) is 23.7 Å². The summed E-state index contributed by atoms with van der Waals surface area (Å²) in [6, 6.07) is 0. The Labute approximate surface area is 231 Å². The Morgan fingerprint density at radius 1 is 0.700 bits per heavy atom. The number of carbonyl (C=O) groups excluding carboxylic acids is 2. The smallest absolute Gasteiger partial charge is 0.313 e. The predicted octanol–water partition coefficient (Wildman–Crippen LogP) is 1.51. The van der Waals surface area contributed by atoms with E-state index in [0.29, 0.717) is 32.5 Å². The Balaban J connectivity index is 0.000000161. The standard InChI is InChI=1S/2C14H18O6/c15-13(16)11-3-7(1-9-5-19-9)8(2-10-6-20-10)4-12(11)14(17)18;15-13(19-7-9-5-17-9)11-3-1-2-4-12(11)14(16)20-8-10-6-18-10/h9-12H,1-6H2,(H,15,16)(H,17,18);1,3,9-12H,2,4-8H2. The van der Waals surface area contributed by atoms with Crippen molar-refractivity contribution in [3.63, 3.8) is 0 Å². The van der Waals surface area contributed by atoms with Crippen LogP contribution in [0.1, 0.15) is 38.5 Å². The van der Waals surface area contributed by atoms with Gasteiger partial charge in [-0.3, -0.25) is 19.2 Å². The van der Waals surface area contributed by atoms with Crippen LogP contribution >= 0.6 is 0 Å². The molecule has 6 aliphatic rings. The number of carboxylic acids is 2. The number of rotatable bonds is 12. The topological polar surface area (TPSA) is 177 Å². The first kappa shape index (κ1) is 28.7. The summed E-state index contributed by atoms with van der Waals surface area (Å²) in [6.07, 6.45) is 7.62. The molecule has 220 valence electrons. The van der Waals surface area contributed by atoms with Gasteiger partial charge >= 0.3 is 23.9 Å². The highest BCUT2D eigenvalue weighted by molar-refractivity contribution is 5.84. The summed E-state index contributed by atoms with van der Waals surface area (Å²) < 4.78 is 30.8. The van der Waals surface area contributed by atoms with Gasteiger partial charge in [0.2, 0.25) is 0 Å². The Morgan fingerprint density at radius 2 is 1.15 bits per heavy atom. The van der Waals surface area contributed by atoms with E-state index in [1.54, 1.807) is 6.08 Å². The Hall–Kier alpha value is -2.80. The van der Waals surface area contributed by atoms with Crippen LogP contribution in [0.4, 0.5) is 0 Å². The molecular weight excluding hydrogens is 528 g/mol. The third kappa shape index (κ3) is 8.35. The minimum absolute atomic E-state index is 0.0314. The van der Waals surface area contributed by atoms with Gasteiger partial charge in [0.1, 0.15) is 25.4 Å². The molecule has 8 atom stereocenters. The van der Waals surface area contributed by atoms with Crippen molar-refractivity contribution in [2.45, 2.75) is 62.9 Å². The van der Waals surface area contributed by atoms with Gasteiger partial charge in [-0.25, -0.2) is 0 Å². The normalized spacial score (nSPS) is 35.1. The molecule has 12 heteroatoms. The van der Waals surface area contributed by atoms with Gasteiger partial charge in [0.05, 0.1) is 62.3 Å². The average Bonchev–Trinajstić information content (AvgIpc) is 3.77. The van der Waals surface area contributed by atoms with Crippen molar-refractivity contribution in [1.82, 2.24) is 0 Å². The molecule has 0 aromatic rings. The molecule has 0 radical (unpaired) electrons. The van der Waals surface area contributed by atoms with Gasteiger partial charge in [-0.05, 0) is 38.5 Å². The molecule has 12 nitrogen and oxygen atoms in total. The molecule has 4 saturated heterocycles. The third-order valence-corrected chi connectivity index (χ3v) is 7.93. The highest BCUT2D eigenvalue weighted by Crippen LogP contribution is 2.41. The van der Waals surface area contributed by atoms with Crippen LogP contribution in [0.5, 0.6) is 0 Å². The number of hydrogen-bond acceptors (Lipinski definition) is 10. The summed E-state index contributed by atoms with van der Waals surface area (Å²) >= 11 is 0. The number of allylic oxidation sites excluding steroid dienone is 1. The summed E-state index contributed by atoms with van der Waals surface area (Å²) in [5.41, 5.74) is 2.15. The second-order valence-electron chi connectivity index (χ2n) is 11.1. The first-order valence-electron chi connectivity index (χ1n) is 13.9. The van der Waals surface area contributed by atoms with Crippen molar-refractivity contribution in [3.05, 3.63) is 23.3 Å². The lowest BCUT2D eigenvalue weighted by atomic mass is 9.73. The fourth-order valence-electron chi connectivity index (χ4n) is 5.22. The van der Waals surface area contributed by atoms with Crippen LogP contribution in [-0.2, 0) is 47.6 Å². The highest BCUT2D eigenvalue weighted by Gasteiger charge is 2.42. The van der Waals surface area contributed by atoms with E-state index in [-0.39, 0.29) is 49.6 Å². The number of hydrogen-bond donors (Lipinski definition) is 2. The first-order valence-corrected chi connectivity index (χ1v) is 13.9. The molecule has 40 heavy (non-hydrogen) atoms. The summed E-state index contributed by atoms with van der Waals surface area (Å²) in [6.45, 7) is 3.26. The molecular formula is C28H36O12. The van der Waals surface area contributed by atoms with E-state index in [0.717, 1.165) is 43.6 Å². The first-order chi connectivity index (χ1) is 19.3. The molecule has 0 saturated carbocycles. The van der Waals surface area contributed by atoms with Gasteiger partial charge < -0.3 is 38.6 Å².